The first-order valence-electron chi connectivity index (χ1n) is 7.97. The Morgan fingerprint density at radius 3 is 2.31 bits per heavy atom. The molecular formula is C20H18N2O4. The molecule has 0 fully saturated rings. The largest absolute Gasteiger partial charge is 0.497 e. The highest BCUT2D eigenvalue weighted by Gasteiger charge is 2.13. The zero-order chi connectivity index (χ0) is 18.7. The van der Waals surface area contributed by atoms with Crippen LogP contribution >= 0.6 is 0 Å². The van der Waals surface area contributed by atoms with E-state index in [1.54, 1.807) is 55.6 Å². The van der Waals surface area contributed by atoms with E-state index in [0.29, 0.717) is 33.5 Å². The third-order valence-electron chi connectivity index (χ3n) is 3.96. The first-order valence-corrected chi connectivity index (χ1v) is 7.97. The van der Waals surface area contributed by atoms with Crippen molar-refractivity contribution in [1.29, 1.82) is 0 Å². The second-order valence-electron chi connectivity index (χ2n) is 5.72. The molecule has 1 N–H and O–H groups in total. The number of carbonyl (C=O) groups is 2. The highest BCUT2D eigenvalue weighted by Crippen LogP contribution is 2.25. The number of ether oxygens (including phenoxy) is 2. The number of esters is 1. The van der Waals surface area contributed by atoms with Gasteiger partial charge in [-0.2, -0.15) is 0 Å². The summed E-state index contributed by atoms with van der Waals surface area (Å²) in [7, 11) is 2.89. The standard InChI is InChI=1S/C20H18N2O4/c1-12-10-18(22-19(23)13-4-7-15(25-2)8-5-13)16-11-14(20(24)26-3)6-9-17(16)21-12/h4-11H,1-3H3,(H,21,22,23). The average Bonchev–Trinajstić information content (AvgIpc) is 2.67. The minimum atomic E-state index is -0.445. The summed E-state index contributed by atoms with van der Waals surface area (Å²) in [6, 6.07) is 13.6. The maximum atomic E-state index is 12.6. The molecule has 0 radical (unpaired) electrons. The quantitative estimate of drug-likeness (QED) is 0.728. The molecule has 3 rings (SSSR count). The molecule has 0 atom stereocenters. The lowest BCUT2D eigenvalue weighted by molar-refractivity contribution is 0.0601. The molecule has 0 spiro atoms. The lowest BCUT2D eigenvalue weighted by Crippen LogP contribution is -2.12. The van der Waals surface area contributed by atoms with E-state index >= 15 is 0 Å². The molecule has 6 heteroatoms. The monoisotopic (exact) mass is 350 g/mol. The van der Waals surface area contributed by atoms with Crippen LogP contribution in [0.3, 0.4) is 0 Å². The molecule has 0 aliphatic carbocycles. The molecule has 0 bridgehead atoms. The minimum Gasteiger partial charge on any atom is -0.497 e. The van der Waals surface area contributed by atoms with Gasteiger partial charge in [-0.15, -0.1) is 0 Å². The maximum Gasteiger partial charge on any atom is 0.337 e. The van der Waals surface area contributed by atoms with Crippen molar-refractivity contribution in [3.8, 4) is 5.75 Å². The molecule has 1 heterocycles. The fourth-order valence-corrected chi connectivity index (χ4v) is 2.64. The topological polar surface area (TPSA) is 77.5 Å². The zero-order valence-corrected chi connectivity index (χ0v) is 14.7. The Hall–Kier alpha value is -3.41. The third kappa shape index (κ3) is 3.49. The highest BCUT2D eigenvalue weighted by molar-refractivity contribution is 6.09. The van der Waals surface area contributed by atoms with Gasteiger partial charge in [0.2, 0.25) is 0 Å². The highest BCUT2D eigenvalue weighted by atomic mass is 16.5. The summed E-state index contributed by atoms with van der Waals surface area (Å²) >= 11 is 0. The number of aromatic nitrogens is 1. The number of rotatable bonds is 4. The number of benzene rings is 2. The van der Waals surface area contributed by atoms with Crippen LogP contribution in [0.5, 0.6) is 5.75 Å². The lowest BCUT2D eigenvalue weighted by Gasteiger charge is -2.11. The number of fused-ring (bicyclic) bond motifs is 1. The maximum absolute atomic E-state index is 12.6. The van der Waals surface area contributed by atoms with Gasteiger partial charge in [0.05, 0.1) is 31.0 Å². The van der Waals surface area contributed by atoms with Crippen molar-refractivity contribution in [2.75, 3.05) is 19.5 Å². The van der Waals surface area contributed by atoms with Gasteiger partial charge in [-0.05, 0) is 55.5 Å². The first-order chi connectivity index (χ1) is 12.5. The van der Waals surface area contributed by atoms with E-state index in [9.17, 15) is 9.59 Å². The smallest absolute Gasteiger partial charge is 0.337 e. The second kappa shape index (κ2) is 7.23. The van der Waals surface area contributed by atoms with Gasteiger partial charge in [-0.25, -0.2) is 4.79 Å². The Bertz CT molecular complexity index is 981. The van der Waals surface area contributed by atoms with Crippen LogP contribution in [-0.2, 0) is 4.74 Å². The van der Waals surface area contributed by atoms with Gasteiger partial charge < -0.3 is 14.8 Å². The molecule has 1 amide bonds. The molecule has 0 saturated heterocycles. The van der Waals surface area contributed by atoms with E-state index < -0.39 is 5.97 Å². The van der Waals surface area contributed by atoms with Crippen molar-refractivity contribution < 1.29 is 19.1 Å². The fraction of sp³-hybridized carbons (Fsp3) is 0.150. The van der Waals surface area contributed by atoms with Crippen molar-refractivity contribution in [1.82, 2.24) is 4.98 Å². The van der Waals surface area contributed by atoms with Gasteiger partial charge in [0.25, 0.3) is 5.91 Å². The van der Waals surface area contributed by atoms with E-state index in [2.05, 4.69) is 10.3 Å². The van der Waals surface area contributed by atoms with E-state index in [-0.39, 0.29) is 5.91 Å². The van der Waals surface area contributed by atoms with Gasteiger partial charge in [0, 0.05) is 16.6 Å². The van der Waals surface area contributed by atoms with Crippen molar-refractivity contribution >= 4 is 28.5 Å². The summed E-state index contributed by atoms with van der Waals surface area (Å²) < 4.78 is 9.87. The Morgan fingerprint density at radius 1 is 0.962 bits per heavy atom. The molecule has 0 unspecified atom stereocenters. The van der Waals surface area contributed by atoms with Crippen LogP contribution in [0.4, 0.5) is 5.69 Å². The number of aryl methyl sites for hydroxylation is 1. The first kappa shape index (κ1) is 17.4. The molecule has 26 heavy (non-hydrogen) atoms. The van der Waals surface area contributed by atoms with E-state index in [0.717, 1.165) is 5.69 Å². The predicted molar refractivity (Wildman–Crippen MR) is 98.8 cm³/mol. The van der Waals surface area contributed by atoms with E-state index in [1.807, 2.05) is 6.92 Å². The summed E-state index contributed by atoms with van der Waals surface area (Å²) in [4.78, 5) is 28.8. The normalized spacial score (nSPS) is 10.4. The molecule has 6 nitrogen and oxygen atoms in total. The van der Waals surface area contributed by atoms with Crippen LogP contribution in [0, 0.1) is 6.92 Å². The predicted octanol–water partition coefficient (Wildman–Crippen LogP) is 3.59. The van der Waals surface area contributed by atoms with Crippen molar-refractivity contribution in [3.05, 3.63) is 65.4 Å². The van der Waals surface area contributed by atoms with Crippen LogP contribution in [0.15, 0.2) is 48.5 Å². The Kier molecular flexibility index (Phi) is 4.84. The van der Waals surface area contributed by atoms with Crippen LogP contribution in [0.25, 0.3) is 10.9 Å². The molecule has 1 aromatic heterocycles. The number of methoxy groups -OCH3 is 2. The summed E-state index contributed by atoms with van der Waals surface area (Å²) in [6.07, 6.45) is 0. The number of pyridine rings is 1. The second-order valence-corrected chi connectivity index (χ2v) is 5.72. The molecular weight excluding hydrogens is 332 g/mol. The van der Waals surface area contributed by atoms with Gasteiger partial charge in [0.15, 0.2) is 0 Å². The summed E-state index contributed by atoms with van der Waals surface area (Å²) in [5.74, 6) is -0.0302. The van der Waals surface area contributed by atoms with Gasteiger partial charge in [-0.3, -0.25) is 9.78 Å². The van der Waals surface area contributed by atoms with Crippen molar-refractivity contribution in [2.45, 2.75) is 6.92 Å². The Labute approximate surface area is 150 Å². The number of hydrogen-bond donors (Lipinski definition) is 1. The third-order valence-corrected chi connectivity index (χ3v) is 3.96. The van der Waals surface area contributed by atoms with Crippen molar-refractivity contribution in [3.63, 3.8) is 0 Å². The minimum absolute atomic E-state index is 0.261. The fourth-order valence-electron chi connectivity index (χ4n) is 2.64. The van der Waals surface area contributed by atoms with Crippen LogP contribution in [-0.4, -0.2) is 31.1 Å². The molecule has 0 saturated carbocycles. The molecule has 0 aliphatic rings. The summed E-state index contributed by atoms with van der Waals surface area (Å²) in [5, 5.41) is 3.56. The van der Waals surface area contributed by atoms with Crippen LogP contribution in [0.2, 0.25) is 0 Å². The van der Waals surface area contributed by atoms with Crippen molar-refractivity contribution in [2.24, 2.45) is 0 Å². The number of nitrogens with one attached hydrogen (secondary N) is 1. The van der Waals surface area contributed by atoms with Gasteiger partial charge in [0.1, 0.15) is 5.75 Å². The van der Waals surface area contributed by atoms with Crippen LogP contribution in [0.1, 0.15) is 26.4 Å². The van der Waals surface area contributed by atoms with E-state index in [1.165, 1.54) is 7.11 Å². The number of amides is 1. The molecule has 3 aromatic rings. The molecule has 132 valence electrons. The molecule has 0 aliphatic heterocycles. The lowest BCUT2D eigenvalue weighted by atomic mass is 10.1. The summed E-state index contributed by atoms with van der Waals surface area (Å²) in [6.45, 7) is 1.84. The number of hydrogen-bond acceptors (Lipinski definition) is 5. The average molecular weight is 350 g/mol. The SMILES string of the molecule is COC(=O)c1ccc2nc(C)cc(NC(=O)c3ccc(OC)cc3)c2c1. The van der Waals surface area contributed by atoms with Gasteiger partial charge >= 0.3 is 5.97 Å². The van der Waals surface area contributed by atoms with E-state index in [4.69, 9.17) is 9.47 Å². The number of carbonyl (C=O) groups excluding carboxylic acids is 2. The zero-order valence-electron chi connectivity index (χ0n) is 14.7. The van der Waals surface area contributed by atoms with Crippen LogP contribution < -0.4 is 10.1 Å². The number of anilines is 1. The molecule has 2 aromatic carbocycles. The summed E-state index contributed by atoms with van der Waals surface area (Å²) in [5.41, 5.74) is 2.92. The Balaban J connectivity index is 1.99. The van der Waals surface area contributed by atoms with Gasteiger partial charge in [-0.1, -0.05) is 0 Å². The number of nitrogens with zero attached hydrogens (tertiary/aromatic N) is 1. The Morgan fingerprint density at radius 2 is 1.65 bits per heavy atom.